The third kappa shape index (κ3) is 5.63. The topological polar surface area (TPSA) is 91.5 Å². The molecule has 1 N–H and O–H groups in total. The number of fused-ring (bicyclic) bond motifs is 1. The number of likely N-dealkylation sites (N-methyl/N-ethyl adjacent to an activating group) is 1. The Bertz CT molecular complexity index is 1560. The lowest BCUT2D eigenvalue weighted by molar-refractivity contribution is 0.313. The number of anilines is 3. The summed E-state index contributed by atoms with van der Waals surface area (Å²) >= 11 is 0. The van der Waals surface area contributed by atoms with E-state index in [1.165, 1.54) is 11.9 Å². The van der Waals surface area contributed by atoms with E-state index in [-0.39, 0.29) is 5.82 Å². The van der Waals surface area contributed by atoms with Crippen LogP contribution >= 0.6 is 0 Å². The number of benzene rings is 1. The Morgan fingerprint density at radius 3 is 2.47 bits per heavy atom. The Labute approximate surface area is 222 Å². The third-order valence-corrected chi connectivity index (χ3v) is 7.11. The lowest BCUT2D eigenvalue weighted by Gasteiger charge is -2.34. The summed E-state index contributed by atoms with van der Waals surface area (Å²) in [5.74, 6) is 0.796. The summed E-state index contributed by atoms with van der Waals surface area (Å²) in [4.78, 5) is 18.4. The van der Waals surface area contributed by atoms with E-state index in [0.29, 0.717) is 40.7 Å². The molecule has 0 spiro atoms. The van der Waals surface area contributed by atoms with Crippen LogP contribution in [-0.2, 0) is 16.1 Å². The molecule has 0 radical (unpaired) electrons. The Kier molecular flexibility index (Phi) is 7.31. The molecule has 0 unspecified atom stereocenters. The molecule has 1 aromatic carbocycles. The number of rotatable bonds is 7. The van der Waals surface area contributed by atoms with Gasteiger partial charge in [0.2, 0.25) is 5.95 Å². The quantitative estimate of drug-likeness (QED) is 0.364. The largest absolute Gasteiger partial charge is 0.369 e. The van der Waals surface area contributed by atoms with E-state index in [0.717, 1.165) is 38.3 Å². The molecular weight excluding hydrogens is 503 g/mol. The van der Waals surface area contributed by atoms with Crippen molar-refractivity contribution in [2.75, 3.05) is 56.0 Å². The lowest BCUT2D eigenvalue weighted by Crippen LogP contribution is -2.44. The van der Waals surface area contributed by atoms with Gasteiger partial charge in [-0.15, -0.1) is 0 Å². The molecule has 9 nitrogen and oxygen atoms in total. The van der Waals surface area contributed by atoms with Gasteiger partial charge in [0.05, 0.1) is 11.1 Å². The van der Waals surface area contributed by atoms with Gasteiger partial charge < -0.3 is 15.1 Å². The zero-order valence-electron chi connectivity index (χ0n) is 22.2. The molecule has 1 aliphatic heterocycles. The minimum atomic E-state index is -2.40. The van der Waals surface area contributed by atoms with Crippen LogP contribution in [0, 0.1) is 5.82 Å². The van der Waals surface area contributed by atoms with Crippen molar-refractivity contribution in [3.63, 3.8) is 0 Å². The second-order valence-electron chi connectivity index (χ2n) is 9.87. The second kappa shape index (κ2) is 10.7. The molecule has 38 heavy (non-hydrogen) atoms. The van der Waals surface area contributed by atoms with Gasteiger partial charge in [-0.1, -0.05) is 19.4 Å². The number of nitrogens with one attached hydrogen (secondary N) is 1. The molecule has 5 rings (SSSR count). The van der Waals surface area contributed by atoms with Gasteiger partial charge in [-0.25, -0.2) is 18.6 Å². The van der Waals surface area contributed by atoms with Crippen LogP contribution < -0.4 is 10.2 Å². The summed E-state index contributed by atoms with van der Waals surface area (Å²) < 4.78 is 33.7. The van der Waals surface area contributed by atoms with Gasteiger partial charge in [0.1, 0.15) is 5.82 Å². The number of nitrogens with zero attached hydrogens (tertiary/aromatic N) is 7. The summed E-state index contributed by atoms with van der Waals surface area (Å²) in [7, 11) is -0.256. The minimum Gasteiger partial charge on any atom is -0.369 e. The average Bonchev–Trinajstić information content (AvgIpc) is 3.15. The Hall–Kier alpha value is -3.57. The fourth-order valence-corrected chi connectivity index (χ4v) is 5.16. The van der Waals surface area contributed by atoms with Gasteiger partial charge in [0, 0.05) is 66.0 Å². The van der Waals surface area contributed by atoms with Gasteiger partial charge in [0.15, 0.2) is 17.3 Å². The highest BCUT2D eigenvalue weighted by Crippen LogP contribution is 2.29. The normalized spacial score (nSPS) is 14.7. The van der Waals surface area contributed by atoms with Crippen LogP contribution in [-0.4, -0.2) is 74.4 Å². The molecule has 0 amide bonds. The first-order valence-corrected chi connectivity index (χ1v) is 15.1. The van der Waals surface area contributed by atoms with Crippen LogP contribution in [0.1, 0.15) is 19.0 Å². The van der Waals surface area contributed by atoms with Gasteiger partial charge in [-0.3, -0.25) is 4.57 Å². The molecule has 200 valence electrons. The van der Waals surface area contributed by atoms with Crippen molar-refractivity contribution in [3.05, 3.63) is 60.2 Å². The van der Waals surface area contributed by atoms with E-state index in [1.807, 2.05) is 19.1 Å². The first-order valence-electron chi connectivity index (χ1n) is 12.7. The number of aromatic nitrogens is 4. The number of hydrogen-bond acceptors (Lipinski definition) is 8. The van der Waals surface area contributed by atoms with Gasteiger partial charge >= 0.3 is 0 Å². The van der Waals surface area contributed by atoms with E-state index >= 15 is 4.39 Å². The predicted molar refractivity (Wildman–Crippen MR) is 152 cm³/mol. The fraction of sp³-hybridized carbons (Fsp3) is 0.370. The van der Waals surface area contributed by atoms with Gasteiger partial charge in [-0.05, 0) is 49.9 Å². The van der Waals surface area contributed by atoms with E-state index < -0.39 is 9.73 Å². The SMILES string of the molecule is CCCc1c(F)c2cnc(Nc3ccc(N4CCN(C)CC4)cc3)nc2n1-c1cccc(N=S(C)(C)=O)n1. The zero-order chi connectivity index (χ0) is 26.9. The molecule has 1 fully saturated rings. The molecule has 0 aliphatic carbocycles. The fourth-order valence-electron chi connectivity index (χ4n) is 4.61. The van der Waals surface area contributed by atoms with Crippen LogP contribution in [0.25, 0.3) is 16.9 Å². The van der Waals surface area contributed by atoms with E-state index in [1.54, 1.807) is 35.3 Å². The molecule has 3 aromatic heterocycles. The van der Waals surface area contributed by atoms with E-state index in [4.69, 9.17) is 4.98 Å². The maximum atomic E-state index is 15.5. The maximum Gasteiger partial charge on any atom is 0.229 e. The summed E-state index contributed by atoms with van der Waals surface area (Å²) in [5.41, 5.74) is 2.91. The van der Waals surface area contributed by atoms with Crippen molar-refractivity contribution in [1.82, 2.24) is 24.4 Å². The highest BCUT2D eigenvalue weighted by atomic mass is 32.2. The Morgan fingerprint density at radius 2 is 1.79 bits per heavy atom. The minimum absolute atomic E-state index is 0.323. The Balaban J connectivity index is 1.49. The van der Waals surface area contributed by atoms with Crippen LogP contribution in [0.3, 0.4) is 0 Å². The monoisotopic (exact) mass is 536 g/mol. The molecule has 1 aliphatic rings. The van der Waals surface area contributed by atoms with Crippen molar-refractivity contribution in [2.45, 2.75) is 19.8 Å². The highest BCUT2D eigenvalue weighted by molar-refractivity contribution is 7.92. The van der Waals surface area contributed by atoms with E-state index in [2.05, 4.69) is 48.6 Å². The zero-order valence-corrected chi connectivity index (χ0v) is 23.0. The van der Waals surface area contributed by atoms with Crippen LogP contribution in [0.5, 0.6) is 0 Å². The Morgan fingerprint density at radius 1 is 1.05 bits per heavy atom. The summed E-state index contributed by atoms with van der Waals surface area (Å²) in [5, 5.41) is 3.58. The smallest absolute Gasteiger partial charge is 0.229 e. The number of hydrogen-bond donors (Lipinski definition) is 1. The predicted octanol–water partition coefficient (Wildman–Crippen LogP) is 4.76. The van der Waals surface area contributed by atoms with Gasteiger partial charge in [-0.2, -0.15) is 9.35 Å². The van der Waals surface area contributed by atoms with Crippen LogP contribution in [0.2, 0.25) is 0 Å². The van der Waals surface area contributed by atoms with Crippen molar-refractivity contribution in [1.29, 1.82) is 0 Å². The molecule has 1 saturated heterocycles. The maximum absolute atomic E-state index is 15.5. The standard InChI is InChI=1S/C27H33FN8OS/c1-5-7-22-25(28)21-18-29-27(30-19-10-12-20(13-11-19)35-16-14-34(2)15-17-35)32-26(21)36(22)24-9-6-8-23(31-24)33-38(3,4)37/h6,8-13,18H,5,7,14-17H2,1-4H3,(H,29,30,32). The first kappa shape index (κ1) is 26.1. The van der Waals surface area contributed by atoms with E-state index in [9.17, 15) is 4.21 Å². The average molecular weight is 537 g/mol. The third-order valence-electron chi connectivity index (χ3n) is 6.48. The number of pyridine rings is 1. The molecule has 0 saturated carbocycles. The summed E-state index contributed by atoms with van der Waals surface area (Å²) in [6.07, 6.45) is 5.86. The van der Waals surface area contributed by atoms with Crippen molar-refractivity contribution in [2.24, 2.45) is 4.36 Å². The van der Waals surface area contributed by atoms with Crippen LogP contribution in [0.4, 0.5) is 27.5 Å². The second-order valence-corrected chi connectivity index (χ2v) is 12.4. The number of halogens is 1. The number of piperazine rings is 1. The lowest BCUT2D eigenvalue weighted by atomic mass is 10.2. The molecule has 0 bridgehead atoms. The van der Waals surface area contributed by atoms with Crippen molar-refractivity contribution in [3.8, 4) is 5.82 Å². The first-order chi connectivity index (χ1) is 18.2. The highest BCUT2D eigenvalue weighted by Gasteiger charge is 2.21. The van der Waals surface area contributed by atoms with Crippen molar-refractivity contribution < 1.29 is 8.60 Å². The molecular formula is C27H33FN8OS. The molecule has 4 heterocycles. The summed E-state index contributed by atoms with van der Waals surface area (Å²) in [6, 6.07) is 13.4. The van der Waals surface area contributed by atoms with Crippen LogP contribution in [0.15, 0.2) is 53.0 Å². The molecule has 4 aromatic rings. The van der Waals surface area contributed by atoms with Gasteiger partial charge in [0.25, 0.3) is 0 Å². The molecule has 11 heteroatoms. The summed E-state index contributed by atoms with van der Waals surface area (Å²) in [6.45, 7) is 6.09. The van der Waals surface area contributed by atoms with Crippen molar-refractivity contribution >= 4 is 43.9 Å². The molecule has 0 atom stereocenters.